The van der Waals surface area contributed by atoms with Gasteiger partial charge in [-0.1, -0.05) is 0 Å². The fourth-order valence-corrected chi connectivity index (χ4v) is 2.36. The number of ether oxygens (including phenoxy) is 1. The number of hydrogen-bond donors (Lipinski definition) is 1. The molecule has 0 bridgehead atoms. The monoisotopic (exact) mass is 275 g/mol. The zero-order valence-electron chi connectivity index (χ0n) is 10.8. The topological polar surface area (TPSA) is 67.9 Å². The number of nitrogens with zero attached hydrogens (tertiary/aromatic N) is 2. The first kappa shape index (κ1) is 12.9. The van der Waals surface area contributed by atoms with Crippen LogP contribution in [0.5, 0.6) is 0 Å². The van der Waals surface area contributed by atoms with Crippen molar-refractivity contribution in [3.8, 4) is 11.4 Å². The smallest absolute Gasteiger partial charge is 0.287 e. The summed E-state index contributed by atoms with van der Waals surface area (Å²) in [6.45, 7) is 1.15. The standard InChI is InChI=1S/C14H14FN3O2/c15-11-12(9-3-7-20-8-4-9)17-13(18-14(11)19)10-1-5-16-6-2-10/h1-2,5-6,9H,3-4,7-8H2,(H,17,18,19). The van der Waals surface area contributed by atoms with E-state index in [0.29, 0.717) is 37.4 Å². The van der Waals surface area contributed by atoms with Crippen molar-refractivity contribution in [1.82, 2.24) is 15.0 Å². The summed E-state index contributed by atoms with van der Waals surface area (Å²) >= 11 is 0. The predicted molar refractivity (Wildman–Crippen MR) is 70.8 cm³/mol. The van der Waals surface area contributed by atoms with Gasteiger partial charge in [-0.2, -0.15) is 4.39 Å². The molecule has 0 aromatic carbocycles. The summed E-state index contributed by atoms with van der Waals surface area (Å²) in [7, 11) is 0. The van der Waals surface area contributed by atoms with E-state index in [2.05, 4.69) is 15.0 Å². The average molecular weight is 275 g/mol. The van der Waals surface area contributed by atoms with E-state index in [1.54, 1.807) is 24.5 Å². The minimum atomic E-state index is -0.783. The molecule has 1 aliphatic rings. The quantitative estimate of drug-likeness (QED) is 0.908. The molecule has 1 N–H and O–H groups in total. The summed E-state index contributed by atoms with van der Waals surface area (Å²) in [4.78, 5) is 22.5. The Hall–Kier alpha value is -2.08. The van der Waals surface area contributed by atoms with E-state index in [9.17, 15) is 9.18 Å². The Morgan fingerprint density at radius 1 is 1.25 bits per heavy atom. The van der Waals surface area contributed by atoms with Gasteiger partial charge in [0.15, 0.2) is 0 Å². The van der Waals surface area contributed by atoms with E-state index in [4.69, 9.17) is 4.74 Å². The molecule has 3 rings (SSSR count). The zero-order chi connectivity index (χ0) is 13.9. The third-order valence-corrected chi connectivity index (χ3v) is 3.45. The van der Waals surface area contributed by atoms with Gasteiger partial charge < -0.3 is 9.72 Å². The molecule has 6 heteroatoms. The molecule has 1 fully saturated rings. The van der Waals surface area contributed by atoms with Gasteiger partial charge in [0, 0.05) is 37.1 Å². The molecule has 0 aliphatic carbocycles. The second-order valence-electron chi connectivity index (χ2n) is 4.74. The maximum absolute atomic E-state index is 14.0. The van der Waals surface area contributed by atoms with Gasteiger partial charge in [0.25, 0.3) is 5.56 Å². The largest absolute Gasteiger partial charge is 0.381 e. The number of hydrogen-bond acceptors (Lipinski definition) is 4. The molecule has 0 amide bonds. The first-order valence-corrected chi connectivity index (χ1v) is 6.53. The highest BCUT2D eigenvalue weighted by molar-refractivity contribution is 5.53. The van der Waals surface area contributed by atoms with Crippen LogP contribution in [-0.2, 0) is 4.74 Å². The molecule has 0 radical (unpaired) electrons. The van der Waals surface area contributed by atoms with Crippen LogP contribution in [0.2, 0.25) is 0 Å². The maximum atomic E-state index is 14.0. The van der Waals surface area contributed by atoms with Crippen LogP contribution in [0.4, 0.5) is 4.39 Å². The Labute approximate surface area is 114 Å². The maximum Gasteiger partial charge on any atom is 0.287 e. The van der Waals surface area contributed by atoms with Crippen LogP contribution in [0.3, 0.4) is 0 Å². The van der Waals surface area contributed by atoms with Gasteiger partial charge in [0.2, 0.25) is 5.82 Å². The molecule has 0 unspecified atom stereocenters. The Bertz CT molecular complexity index is 651. The van der Waals surface area contributed by atoms with E-state index in [1.807, 2.05) is 0 Å². The molecule has 1 aliphatic heterocycles. The highest BCUT2D eigenvalue weighted by Gasteiger charge is 2.23. The van der Waals surface area contributed by atoms with Crippen LogP contribution in [-0.4, -0.2) is 28.2 Å². The lowest BCUT2D eigenvalue weighted by Crippen LogP contribution is -2.23. The van der Waals surface area contributed by atoms with Gasteiger partial charge >= 0.3 is 0 Å². The highest BCUT2D eigenvalue weighted by atomic mass is 19.1. The van der Waals surface area contributed by atoms with Crippen molar-refractivity contribution in [2.75, 3.05) is 13.2 Å². The number of aromatic amines is 1. The molecule has 2 aromatic heterocycles. The minimum absolute atomic E-state index is 0.0633. The van der Waals surface area contributed by atoms with Crippen molar-refractivity contribution in [1.29, 1.82) is 0 Å². The predicted octanol–water partition coefficient (Wildman–Crippen LogP) is 1.86. The van der Waals surface area contributed by atoms with Crippen molar-refractivity contribution in [3.63, 3.8) is 0 Å². The van der Waals surface area contributed by atoms with E-state index < -0.39 is 11.4 Å². The molecule has 2 aromatic rings. The van der Waals surface area contributed by atoms with Gasteiger partial charge in [-0.05, 0) is 25.0 Å². The normalized spacial score (nSPS) is 16.2. The van der Waals surface area contributed by atoms with Crippen molar-refractivity contribution in [3.05, 3.63) is 46.4 Å². The second-order valence-corrected chi connectivity index (χ2v) is 4.74. The van der Waals surface area contributed by atoms with Crippen LogP contribution in [0.15, 0.2) is 29.3 Å². The molecule has 20 heavy (non-hydrogen) atoms. The Morgan fingerprint density at radius 2 is 1.95 bits per heavy atom. The number of nitrogens with one attached hydrogen (secondary N) is 1. The van der Waals surface area contributed by atoms with Gasteiger partial charge in [0.1, 0.15) is 5.82 Å². The molecular weight excluding hydrogens is 261 g/mol. The SMILES string of the molecule is O=c1[nH]c(-c2ccncc2)nc(C2CCOCC2)c1F. The molecular formula is C14H14FN3O2. The highest BCUT2D eigenvalue weighted by Crippen LogP contribution is 2.27. The fourth-order valence-electron chi connectivity index (χ4n) is 2.36. The lowest BCUT2D eigenvalue weighted by Gasteiger charge is -2.21. The third-order valence-electron chi connectivity index (χ3n) is 3.45. The van der Waals surface area contributed by atoms with Crippen molar-refractivity contribution in [2.24, 2.45) is 0 Å². The van der Waals surface area contributed by atoms with Crippen molar-refractivity contribution < 1.29 is 9.13 Å². The number of halogens is 1. The first-order chi connectivity index (χ1) is 9.75. The van der Waals surface area contributed by atoms with Crippen LogP contribution in [0, 0.1) is 5.82 Å². The van der Waals surface area contributed by atoms with Crippen LogP contribution in [0.1, 0.15) is 24.5 Å². The van der Waals surface area contributed by atoms with Gasteiger partial charge in [-0.25, -0.2) is 4.98 Å². The number of aromatic nitrogens is 3. The molecule has 0 atom stereocenters. The lowest BCUT2D eigenvalue weighted by molar-refractivity contribution is 0.0836. The summed E-state index contributed by atoms with van der Waals surface area (Å²) in [5, 5.41) is 0. The molecule has 0 saturated carbocycles. The van der Waals surface area contributed by atoms with Gasteiger partial charge in [0.05, 0.1) is 5.69 Å². The molecule has 5 nitrogen and oxygen atoms in total. The first-order valence-electron chi connectivity index (χ1n) is 6.53. The summed E-state index contributed by atoms with van der Waals surface area (Å²) in [6, 6.07) is 3.45. The lowest BCUT2D eigenvalue weighted by atomic mass is 9.96. The van der Waals surface area contributed by atoms with Gasteiger partial charge in [-0.15, -0.1) is 0 Å². The van der Waals surface area contributed by atoms with Gasteiger partial charge in [-0.3, -0.25) is 9.78 Å². The molecule has 1 saturated heterocycles. The second kappa shape index (κ2) is 5.50. The van der Waals surface area contributed by atoms with E-state index in [0.717, 1.165) is 0 Å². The number of H-pyrrole nitrogens is 1. The van der Waals surface area contributed by atoms with Crippen molar-refractivity contribution >= 4 is 0 Å². The summed E-state index contributed by atoms with van der Waals surface area (Å²) in [6.07, 6.45) is 4.58. The summed E-state index contributed by atoms with van der Waals surface area (Å²) in [5.74, 6) is -0.471. The fraction of sp³-hybridized carbons (Fsp3) is 0.357. The van der Waals surface area contributed by atoms with Crippen molar-refractivity contribution in [2.45, 2.75) is 18.8 Å². The van der Waals surface area contributed by atoms with E-state index >= 15 is 0 Å². The van der Waals surface area contributed by atoms with E-state index in [-0.39, 0.29) is 11.6 Å². The Kier molecular flexibility index (Phi) is 3.56. The summed E-state index contributed by atoms with van der Waals surface area (Å²) < 4.78 is 19.3. The van der Waals surface area contributed by atoms with E-state index in [1.165, 1.54) is 0 Å². The Balaban J connectivity index is 2.06. The molecule has 104 valence electrons. The van der Waals surface area contributed by atoms with Crippen LogP contribution < -0.4 is 5.56 Å². The molecule has 0 spiro atoms. The minimum Gasteiger partial charge on any atom is -0.381 e. The van der Waals surface area contributed by atoms with Crippen LogP contribution >= 0.6 is 0 Å². The molecule has 3 heterocycles. The number of pyridine rings is 1. The third kappa shape index (κ3) is 2.46. The van der Waals surface area contributed by atoms with Crippen LogP contribution in [0.25, 0.3) is 11.4 Å². The summed E-state index contributed by atoms with van der Waals surface area (Å²) in [5.41, 5.74) is 0.225. The Morgan fingerprint density at radius 3 is 2.65 bits per heavy atom. The zero-order valence-corrected chi connectivity index (χ0v) is 10.8. The average Bonchev–Trinajstić information content (AvgIpc) is 2.51. The number of rotatable bonds is 2.